The van der Waals surface area contributed by atoms with Crippen molar-refractivity contribution in [2.24, 2.45) is 0 Å². The fourth-order valence-corrected chi connectivity index (χ4v) is 4.56. The maximum Gasteiger partial charge on any atom is 0.186 e. The zero-order chi connectivity index (χ0) is 19.2. The van der Waals surface area contributed by atoms with E-state index in [-0.39, 0.29) is 5.41 Å². The molecule has 3 aromatic rings. The van der Waals surface area contributed by atoms with E-state index in [1.165, 1.54) is 15.6 Å². The van der Waals surface area contributed by atoms with Crippen molar-refractivity contribution in [2.45, 2.75) is 51.3 Å². The SMILES string of the molecule is CCc1nnc2/c(=C\C=C3\Sc4ccccc4N3CC)c(C(C)(C)C)nn12. The molecule has 0 spiro atoms. The molecule has 5 nitrogen and oxygen atoms in total. The number of benzene rings is 1. The molecule has 3 heterocycles. The zero-order valence-corrected chi connectivity index (χ0v) is 17.3. The highest BCUT2D eigenvalue weighted by Gasteiger charge is 2.25. The lowest BCUT2D eigenvalue weighted by Gasteiger charge is -2.17. The van der Waals surface area contributed by atoms with Gasteiger partial charge in [-0.2, -0.15) is 9.61 Å². The van der Waals surface area contributed by atoms with E-state index in [0.29, 0.717) is 0 Å². The van der Waals surface area contributed by atoms with Crippen molar-refractivity contribution in [3.05, 3.63) is 52.1 Å². The highest BCUT2D eigenvalue weighted by Crippen LogP contribution is 2.45. The molecule has 1 aliphatic heterocycles. The van der Waals surface area contributed by atoms with Crippen molar-refractivity contribution in [3.63, 3.8) is 0 Å². The molecule has 2 aromatic heterocycles. The van der Waals surface area contributed by atoms with Crippen molar-refractivity contribution < 1.29 is 0 Å². The summed E-state index contributed by atoms with van der Waals surface area (Å²) < 4.78 is 1.90. The first-order valence-corrected chi connectivity index (χ1v) is 10.3. The molecule has 1 aliphatic rings. The third kappa shape index (κ3) is 3.02. The molecule has 0 saturated heterocycles. The van der Waals surface area contributed by atoms with Crippen LogP contribution in [-0.2, 0) is 11.8 Å². The monoisotopic (exact) mass is 379 g/mol. The number of anilines is 1. The minimum Gasteiger partial charge on any atom is -0.335 e. The van der Waals surface area contributed by atoms with E-state index >= 15 is 0 Å². The van der Waals surface area contributed by atoms with Gasteiger partial charge in [0.2, 0.25) is 0 Å². The van der Waals surface area contributed by atoms with Crippen LogP contribution in [0.5, 0.6) is 0 Å². The van der Waals surface area contributed by atoms with E-state index in [9.17, 15) is 0 Å². The number of aryl methyl sites for hydroxylation is 1. The molecule has 0 amide bonds. The maximum atomic E-state index is 4.85. The summed E-state index contributed by atoms with van der Waals surface area (Å²) in [5.74, 6) is 0.903. The summed E-state index contributed by atoms with van der Waals surface area (Å²) >= 11 is 1.81. The predicted molar refractivity (Wildman–Crippen MR) is 112 cm³/mol. The van der Waals surface area contributed by atoms with Crippen LogP contribution in [0, 0.1) is 0 Å². The second-order valence-corrected chi connectivity index (χ2v) is 8.77. The molecule has 0 aliphatic carbocycles. The molecular weight excluding hydrogens is 354 g/mol. The second-order valence-electron chi connectivity index (χ2n) is 7.70. The lowest BCUT2D eigenvalue weighted by atomic mass is 9.91. The Balaban J connectivity index is 1.86. The normalized spacial score (nSPS) is 16.7. The van der Waals surface area contributed by atoms with Crippen molar-refractivity contribution in [1.29, 1.82) is 0 Å². The van der Waals surface area contributed by atoms with Crippen LogP contribution in [0.15, 0.2) is 40.3 Å². The number of hydrogen-bond acceptors (Lipinski definition) is 5. The van der Waals surface area contributed by atoms with Gasteiger partial charge in [0.1, 0.15) is 0 Å². The van der Waals surface area contributed by atoms with Gasteiger partial charge >= 0.3 is 0 Å². The Kier molecular flexibility index (Phi) is 4.46. The second kappa shape index (κ2) is 6.68. The molecule has 0 saturated carbocycles. The van der Waals surface area contributed by atoms with E-state index in [1.807, 2.05) is 16.3 Å². The van der Waals surface area contributed by atoms with E-state index in [2.05, 4.69) is 86.1 Å². The van der Waals surface area contributed by atoms with Gasteiger partial charge in [-0.1, -0.05) is 51.6 Å². The van der Waals surface area contributed by atoms with Crippen LogP contribution in [-0.4, -0.2) is 26.4 Å². The average Bonchev–Trinajstić information content (AvgIpc) is 3.30. The largest absolute Gasteiger partial charge is 0.335 e. The summed E-state index contributed by atoms with van der Waals surface area (Å²) in [6.07, 6.45) is 5.17. The molecule has 0 N–H and O–H groups in total. The van der Waals surface area contributed by atoms with Crippen LogP contribution >= 0.6 is 11.8 Å². The Bertz CT molecular complexity index is 1070. The number of allylic oxidation sites excluding steroid dienone is 1. The number of hydrogen-bond donors (Lipinski definition) is 0. The quantitative estimate of drug-likeness (QED) is 0.689. The smallest absolute Gasteiger partial charge is 0.186 e. The molecule has 27 heavy (non-hydrogen) atoms. The van der Waals surface area contributed by atoms with Crippen LogP contribution in [0.25, 0.3) is 11.7 Å². The standard InChI is InChI=1S/C21H25N5S/c1-6-17-22-23-20-14(19(21(3,4)5)24-26(17)20)12-13-18-25(7-2)15-10-8-9-11-16(15)27-18/h8-13H,6-7H2,1-5H3/b14-12-,18-13+. The van der Waals surface area contributed by atoms with Gasteiger partial charge in [-0.15, -0.1) is 10.2 Å². The van der Waals surface area contributed by atoms with Gasteiger partial charge in [0, 0.05) is 28.5 Å². The maximum absolute atomic E-state index is 4.85. The van der Waals surface area contributed by atoms with Crippen LogP contribution in [0.2, 0.25) is 0 Å². The summed E-state index contributed by atoms with van der Waals surface area (Å²) in [6.45, 7) is 11.8. The fourth-order valence-electron chi connectivity index (χ4n) is 3.43. The molecule has 140 valence electrons. The number of thioether (sulfide) groups is 1. The summed E-state index contributed by atoms with van der Waals surface area (Å²) in [7, 11) is 0. The third-order valence-corrected chi connectivity index (χ3v) is 5.90. The topological polar surface area (TPSA) is 46.3 Å². The van der Waals surface area contributed by atoms with Gasteiger partial charge in [-0.25, -0.2) is 0 Å². The lowest BCUT2D eigenvalue weighted by Crippen LogP contribution is -2.22. The lowest BCUT2D eigenvalue weighted by molar-refractivity contribution is 0.557. The first-order chi connectivity index (χ1) is 12.9. The number of fused-ring (bicyclic) bond motifs is 2. The Morgan fingerprint density at radius 2 is 1.85 bits per heavy atom. The first-order valence-electron chi connectivity index (χ1n) is 9.45. The highest BCUT2D eigenvalue weighted by molar-refractivity contribution is 8.03. The summed E-state index contributed by atoms with van der Waals surface area (Å²) in [5.41, 5.74) is 3.12. The summed E-state index contributed by atoms with van der Waals surface area (Å²) in [4.78, 5) is 3.65. The molecule has 0 unspecified atom stereocenters. The van der Waals surface area contributed by atoms with Gasteiger partial charge in [0.15, 0.2) is 11.5 Å². The summed E-state index contributed by atoms with van der Waals surface area (Å²) in [6, 6.07) is 8.55. The number of nitrogens with zero attached hydrogens (tertiary/aromatic N) is 5. The van der Waals surface area contributed by atoms with E-state index in [0.717, 1.165) is 35.3 Å². The van der Waals surface area contributed by atoms with Crippen molar-refractivity contribution in [3.8, 4) is 0 Å². The summed E-state index contributed by atoms with van der Waals surface area (Å²) in [5, 5.41) is 15.9. The van der Waals surface area contributed by atoms with Crippen LogP contribution in [0.1, 0.15) is 46.1 Å². The van der Waals surface area contributed by atoms with Gasteiger partial charge in [0.25, 0.3) is 0 Å². The van der Waals surface area contributed by atoms with Crippen LogP contribution < -0.4 is 10.1 Å². The molecule has 0 atom stereocenters. The Hall–Kier alpha value is -2.34. The molecule has 0 bridgehead atoms. The molecule has 4 rings (SSSR count). The molecule has 1 aromatic carbocycles. The van der Waals surface area contributed by atoms with Crippen molar-refractivity contribution in [1.82, 2.24) is 19.8 Å². The minimum absolute atomic E-state index is 0.0632. The van der Waals surface area contributed by atoms with Gasteiger partial charge in [-0.3, -0.25) is 0 Å². The van der Waals surface area contributed by atoms with E-state index in [4.69, 9.17) is 5.10 Å². The molecule has 0 fully saturated rings. The van der Waals surface area contributed by atoms with Gasteiger partial charge in [-0.05, 0) is 31.2 Å². The zero-order valence-electron chi connectivity index (χ0n) is 16.5. The van der Waals surface area contributed by atoms with Crippen molar-refractivity contribution in [2.75, 3.05) is 11.4 Å². The van der Waals surface area contributed by atoms with E-state index < -0.39 is 0 Å². The average molecular weight is 380 g/mol. The Morgan fingerprint density at radius 3 is 2.56 bits per heavy atom. The predicted octanol–water partition coefficient (Wildman–Crippen LogP) is 3.96. The molecule has 6 heteroatoms. The molecular formula is C21H25N5S. The number of aromatic nitrogens is 4. The third-order valence-electron chi connectivity index (χ3n) is 4.77. The van der Waals surface area contributed by atoms with Gasteiger partial charge < -0.3 is 4.90 Å². The van der Waals surface area contributed by atoms with E-state index in [1.54, 1.807) is 0 Å². The number of rotatable bonds is 3. The van der Waals surface area contributed by atoms with Crippen LogP contribution in [0.4, 0.5) is 5.69 Å². The van der Waals surface area contributed by atoms with Crippen LogP contribution in [0.3, 0.4) is 0 Å². The number of para-hydroxylation sites is 1. The van der Waals surface area contributed by atoms with Crippen molar-refractivity contribution >= 4 is 29.2 Å². The highest BCUT2D eigenvalue weighted by atomic mass is 32.2. The fraction of sp³-hybridized carbons (Fsp3) is 0.381. The first kappa shape index (κ1) is 18.0. The van der Waals surface area contributed by atoms with Gasteiger partial charge in [0.05, 0.1) is 16.4 Å². The molecule has 0 radical (unpaired) electrons. The Labute approximate surface area is 164 Å². The Morgan fingerprint density at radius 1 is 1.07 bits per heavy atom. The minimum atomic E-state index is -0.0632.